The van der Waals surface area contributed by atoms with Crippen LogP contribution in [0, 0.1) is 0 Å². The number of nitrogens with one attached hydrogen (secondary N) is 1. The molecule has 0 aliphatic carbocycles. The second kappa shape index (κ2) is 8.48. The zero-order valence-corrected chi connectivity index (χ0v) is 14.8. The first-order valence-electron chi connectivity index (χ1n) is 8.34. The smallest absolute Gasteiger partial charge is 0.321 e. The van der Waals surface area contributed by atoms with E-state index >= 15 is 0 Å². The van der Waals surface area contributed by atoms with Crippen molar-refractivity contribution >= 4 is 17.5 Å². The van der Waals surface area contributed by atoms with Crippen molar-refractivity contribution in [2.75, 3.05) is 18.9 Å². The van der Waals surface area contributed by atoms with Gasteiger partial charge in [0.1, 0.15) is 5.76 Å². The van der Waals surface area contributed by atoms with Gasteiger partial charge in [0, 0.05) is 31.3 Å². The Balaban J connectivity index is 1.97. The lowest BCUT2D eigenvalue weighted by atomic mass is 10.1. The highest BCUT2D eigenvalue weighted by Crippen LogP contribution is 2.16. The van der Waals surface area contributed by atoms with Gasteiger partial charge in [-0.2, -0.15) is 0 Å². The van der Waals surface area contributed by atoms with Gasteiger partial charge in [-0.15, -0.1) is 0 Å². The monoisotopic (exact) mass is 344 g/mol. The normalized spacial score (nSPS) is 11.8. The molecule has 2 N–H and O–H groups in total. The number of hydrogen-bond donors (Lipinski definition) is 2. The van der Waals surface area contributed by atoms with Crippen LogP contribution in [-0.2, 0) is 6.42 Å². The van der Waals surface area contributed by atoms with Crippen molar-refractivity contribution in [1.82, 2.24) is 4.90 Å². The molecule has 0 fully saturated rings. The van der Waals surface area contributed by atoms with E-state index in [2.05, 4.69) is 5.32 Å². The van der Waals surface area contributed by atoms with E-state index in [-0.39, 0.29) is 11.8 Å². The van der Waals surface area contributed by atoms with E-state index in [1.165, 1.54) is 4.90 Å². The van der Waals surface area contributed by atoms with Gasteiger partial charge in [-0.05, 0) is 49.7 Å². The number of carbonyl (C=O) groups excluding carboxylic acids is 2. The molecule has 0 aliphatic heterocycles. The first kappa shape index (κ1) is 18.7. The third-order valence-corrected chi connectivity index (χ3v) is 3.86. The van der Waals surface area contributed by atoms with Crippen LogP contribution in [0.15, 0.2) is 40.8 Å². The van der Waals surface area contributed by atoms with Crippen LogP contribution in [0.5, 0.6) is 0 Å². The number of urea groups is 1. The molecule has 25 heavy (non-hydrogen) atoms. The minimum absolute atomic E-state index is 0.188. The number of amides is 2. The minimum Gasteiger partial charge on any atom is -0.458 e. The summed E-state index contributed by atoms with van der Waals surface area (Å²) >= 11 is 0. The highest BCUT2D eigenvalue weighted by molar-refractivity contribution is 6.07. The molecule has 1 heterocycles. The van der Waals surface area contributed by atoms with Gasteiger partial charge in [-0.25, -0.2) is 4.79 Å². The number of hydrogen-bond acceptors (Lipinski definition) is 4. The zero-order chi connectivity index (χ0) is 18.4. The molecule has 0 radical (unpaired) electrons. The lowest BCUT2D eigenvalue weighted by Crippen LogP contribution is -2.33. The summed E-state index contributed by atoms with van der Waals surface area (Å²) in [5.41, 5.74) is 1.09. The van der Waals surface area contributed by atoms with E-state index in [1.807, 2.05) is 6.92 Å². The Morgan fingerprint density at radius 2 is 1.88 bits per heavy atom. The number of aliphatic hydroxyl groups excluding tert-OH is 1. The number of nitrogens with zero attached hydrogens (tertiary/aromatic N) is 1. The number of anilines is 1. The van der Waals surface area contributed by atoms with Crippen molar-refractivity contribution in [3.8, 4) is 0 Å². The number of benzene rings is 1. The van der Waals surface area contributed by atoms with Crippen LogP contribution >= 0.6 is 0 Å². The second-order valence-electron chi connectivity index (χ2n) is 6.02. The first-order valence-corrected chi connectivity index (χ1v) is 8.34. The summed E-state index contributed by atoms with van der Waals surface area (Å²) in [6, 6.07) is 9.87. The van der Waals surface area contributed by atoms with E-state index in [4.69, 9.17) is 4.42 Å². The molecule has 2 aromatic rings. The number of ketones is 1. The molecule has 1 aromatic heterocycles. The molecule has 0 spiro atoms. The van der Waals surface area contributed by atoms with Crippen molar-refractivity contribution in [3.05, 3.63) is 53.5 Å². The average molecular weight is 344 g/mol. The summed E-state index contributed by atoms with van der Waals surface area (Å²) in [6.45, 7) is 4.10. The molecule has 1 atom stereocenters. The quantitative estimate of drug-likeness (QED) is 0.755. The van der Waals surface area contributed by atoms with Crippen LogP contribution < -0.4 is 5.32 Å². The van der Waals surface area contributed by atoms with Crippen molar-refractivity contribution in [2.45, 2.75) is 32.8 Å². The minimum atomic E-state index is -0.449. The molecule has 0 aliphatic rings. The highest BCUT2D eigenvalue weighted by atomic mass is 16.3. The van der Waals surface area contributed by atoms with Gasteiger partial charge in [-0.1, -0.05) is 6.92 Å². The third-order valence-electron chi connectivity index (χ3n) is 3.86. The summed E-state index contributed by atoms with van der Waals surface area (Å²) in [6.07, 6.45) is 0.802. The molecule has 0 saturated heterocycles. The summed E-state index contributed by atoms with van der Waals surface area (Å²) in [7, 11) is 1.66. The fraction of sp³-hybridized carbons (Fsp3) is 0.368. The molecule has 1 aromatic carbocycles. The number of aryl methyl sites for hydroxylation is 1. The highest BCUT2D eigenvalue weighted by Gasteiger charge is 2.14. The maximum Gasteiger partial charge on any atom is 0.321 e. The van der Waals surface area contributed by atoms with Gasteiger partial charge in [0.2, 0.25) is 5.78 Å². The predicted molar refractivity (Wildman–Crippen MR) is 95.9 cm³/mol. The van der Waals surface area contributed by atoms with Crippen LogP contribution in [0.25, 0.3) is 0 Å². The van der Waals surface area contributed by atoms with Crippen LogP contribution in [0.4, 0.5) is 10.5 Å². The van der Waals surface area contributed by atoms with Crippen LogP contribution in [0.1, 0.15) is 42.1 Å². The molecule has 2 rings (SSSR count). The molecule has 1 unspecified atom stereocenters. The molecular formula is C19H24N2O4. The van der Waals surface area contributed by atoms with Gasteiger partial charge in [0.15, 0.2) is 5.76 Å². The van der Waals surface area contributed by atoms with E-state index in [1.54, 1.807) is 50.4 Å². The van der Waals surface area contributed by atoms with E-state index in [0.29, 0.717) is 30.0 Å². The van der Waals surface area contributed by atoms with Crippen LogP contribution in [0.3, 0.4) is 0 Å². The summed E-state index contributed by atoms with van der Waals surface area (Å²) in [4.78, 5) is 25.9. The topological polar surface area (TPSA) is 82.8 Å². The lowest BCUT2D eigenvalue weighted by Gasteiger charge is -2.18. The Kier molecular flexibility index (Phi) is 6.36. The van der Waals surface area contributed by atoms with E-state index in [9.17, 15) is 14.7 Å². The maximum atomic E-state index is 12.4. The third kappa shape index (κ3) is 5.19. The van der Waals surface area contributed by atoms with E-state index < -0.39 is 6.10 Å². The van der Waals surface area contributed by atoms with Crippen molar-refractivity contribution < 1.29 is 19.1 Å². The summed E-state index contributed by atoms with van der Waals surface area (Å²) in [5, 5.41) is 12.0. The van der Waals surface area contributed by atoms with Crippen molar-refractivity contribution in [3.63, 3.8) is 0 Å². The van der Waals surface area contributed by atoms with Gasteiger partial charge in [0.25, 0.3) is 0 Å². The summed E-state index contributed by atoms with van der Waals surface area (Å²) in [5.74, 6) is 0.894. The van der Waals surface area contributed by atoms with Gasteiger partial charge in [0.05, 0.1) is 6.10 Å². The van der Waals surface area contributed by atoms with Gasteiger partial charge in [-0.3, -0.25) is 4.79 Å². The number of furan rings is 1. The molecule has 0 bridgehead atoms. The molecule has 2 amide bonds. The Hall–Kier alpha value is -2.60. The standard InChI is InChI=1S/C19H24N2O4/c1-4-16-9-10-17(25-16)18(23)14-5-7-15(8-6-14)20-19(24)21(3)12-11-13(2)22/h5-10,13,22H,4,11-12H2,1-3H3,(H,20,24). The largest absolute Gasteiger partial charge is 0.458 e. The Labute approximate surface area is 147 Å². The van der Waals surface area contributed by atoms with Crippen LogP contribution in [-0.4, -0.2) is 41.5 Å². The van der Waals surface area contributed by atoms with Crippen molar-refractivity contribution in [1.29, 1.82) is 0 Å². The number of rotatable bonds is 7. The average Bonchev–Trinajstić information content (AvgIpc) is 3.08. The van der Waals surface area contributed by atoms with Crippen molar-refractivity contribution in [2.24, 2.45) is 0 Å². The van der Waals surface area contributed by atoms with Gasteiger partial charge < -0.3 is 19.7 Å². The fourth-order valence-corrected chi connectivity index (χ4v) is 2.24. The van der Waals surface area contributed by atoms with E-state index in [0.717, 1.165) is 12.2 Å². The Morgan fingerprint density at radius 1 is 1.20 bits per heavy atom. The van der Waals surface area contributed by atoms with Crippen LogP contribution in [0.2, 0.25) is 0 Å². The number of carbonyl (C=O) groups is 2. The molecule has 6 nitrogen and oxygen atoms in total. The first-order chi connectivity index (χ1) is 11.9. The predicted octanol–water partition coefficient (Wildman–Crippen LogP) is 3.31. The molecule has 0 saturated carbocycles. The number of aliphatic hydroxyl groups is 1. The lowest BCUT2D eigenvalue weighted by molar-refractivity contribution is 0.101. The molecular weight excluding hydrogens is 320 g/mol. The Bertz CT molecular complexity index is 719. The second-order valence-corrected chi connectivity index (χ2v) is 6.02. The Morgan fingerprint density at radius 3 is 2.44 bits per heavy atom. The SMILES string of the molecule is CCc1ccc(C(=O)c2ccc(NC(=O)N(C)CCC(C)O)cc2)o1. The maximum absolute atomic E-state index is 12.4. The molecule has 134 valence electrons. The van der Waals surface area contributed by atoms with Gasteiger partial charge >= 0.3 is 6.03 Å². The zero-order valence-electron chi connectivity index (χ0n) is 14.8. The fourth-order valence-electron chi connectivity index (χ4n) is 2.24. The molecule has 6 heteroatoms. The summed E-state index contributed by atoms with van der Waals surface area (Å²) < 4.78 is 5.48.